The second kappa shape index (κ2) is 8.52. The zero-order valence-corrected chi connectivity index (χ0v) is 16.0. The molecule has 0 atom stereocenters. The van der Waals surface area contributed by atoms with Crippen LogP contribution in [0, 0.1) is 11.7 Å². The highest BCUT2D eigenvalue weighted by atomic mass is 19.1. The van der Waals surface area contributed by atoms with Crippen LogP contribution in [0.3, 0.4) is 0 Å². The van der Waals surface area contributed by atoms with Gasteiger partial charge in [0.05, 0.1) is 12.2 Å². The number of nitrogens with zero attached hydrogens (tertiary/aromatic N) is 1. The summed E-state index contributed by atoms with van der Waals surface area (Å²) in [6, 6.07) is 4.50. The maximum atomic E-state index is 14.3. The minimum absolute atomic E-state index is 0.229. The number of carbonyl (C=O) groups excluding carboxylic acids is 2. The molecule has 144 valence electrons. The molecule has 0 spiro atoms. The highest BCUT2D eigenvalue weighted by Crippen LogP contribution is 2.24. The van der Waals surface area contributed by atoms with E-state index in [1.807, 2.05) is 20.8 Å². The van der Waals surface area contributed by atoms with Gasteiger partial charge in [0.25, 0.3) is 0 Å². The van der Waals surface area contributed by atoms with E-state index in [-0.39, 0.29) is 24.1 Å². The van der Waals surface area contributed by atoms with Crippen molar-refractivity contribution in [2.45, 2.75) is 52.6 Å². The van der Waals surface area contributed by atoms with E-state index in [9.17, 15) is 14.0 Å². The van der Waals surface area contributed by atoms with E-state index < -0.39 is 11.6 Å². The van der Waals surface area contributed by atoms with Gasteiger partial charge in [-0.3, -0.25) is 0 Å². The van der Waals surface area contributed by atoms with Crippen molar-refractivity contribution in [1.29, 1.82) is 0 Å². The average molecular weight is 365 g/mol. The number of amides is 1. The van der Waals surface area contributed by atoms with Gasteiger partial charge in [0.1, 0.15) is 11.4 Å². The SMILES string of the molecule is CCOC(=O)c1ccc(CC2CCN(C(=O)OC(C)(C)C)CC2)c(F)c1. The Hall–Kier alpha value is -2.11. The van der Waals surface area contributed by atoms with E-state index in [0.717, 1.165) is 12.8 Å². The lowest BCUT2D eigenvalue weighted by Gasteiger charge is -2.33. The molecule has 0 bridgehead atoms. The third kappa shape index (κ3) is 5.71. The number of benzene rings is 1. The van der Waals surface area contributed by atoms with Crippen molar-refractivity contribution in [1.82, 2.24) is 4.90 Å². The molecule has 1 amide bonds. The molecule has 1 aromatic carbocycles. The first kappa shape index (κ1) is 20.2. The summed E-state index contributed by atoms with van der Waals surface area (Å²) >= 11 is 0. The van der Waals surface area contributed by atoms with Gasteiger partial charge in [-0.2, -0.15) is 0 Å². The Balaban J connectivity index is 1.89. The fraction of sp³-hybridized carbons (Fsp3) is 0.600. The Bertz CT molecular complexity index is 646. The molecule has 1 heterocycles. The van der Waals surface area contributed by atoms with Crippen LogP contribution < -0.4 is 0 Å². The first-order chi connectivity index (χ1) is 12.2. The second-order valence-electron chi connectivity index (χ2n) is 7.64. The fourth-order valence-electron chi connectivity index (χ4n) is 3.01. The fourth-order valence-corrected chi connectivity index (χ4v) is 3.01. The number of likely N-dealkylation sites (tertiary alicyclic amines) is 1. The van der Waals surface area contributed by atoms with E-state index in [0.29, 0.717) is 31.0 Å². The van der Waals surface area contributed by atoms with Gasteiger partial charge in [0, 0.05) is 13.1 Å². The van der Waals surface area contributed by atoms with Crippen LogP contribution in [-0.2, 0) is 15.9 Å². The van der Waals surface area contributed by atoms with Crippen LogP contribution in [0.2, 0.25) is 0 Å². The van der Waals surface area contributed by atoms with E-state index in [1.165, 1.54) is 6.07 Å². The normalized spacial score (nSPS) is 15.7. The lowest BCUT2D eigenvalue weighted by atomic mass is 9.90. The number of ether oxygens (including phenoxy) is 2. The van der Waals surface area contributed by atoms with Gasteiger partial charge in [0.2, 0.25) is 0 Å². The lowest BCUT2D eigenvalue weighted by molar-refractivity contribution is 0.0184. The number of halogens is 1. The van der Waals surface area contributed by atoms with Gasteiger partial charge in [-0.25, -0.2) is 14.0 Å². The Morgan fingerprint density at radius 2 is 1.88 bits per heavy atom. The smallest absolute Gasteiger partial charge is 0.410 e. The molecule has 2 rings (SSSR count). The summed E-state index contributed by atoms with van der Waals surface area (Å²) in [5.74, 6) is -0.592. The van der Waals surface area contributed by atoms with Crippen molar-refractivity contribution in [3.8, 4) is 0 Å². The molecule has 0 radical (unpaired) electrons. The van der Waals surface area contributed by atoms with E-state index in [4.69, 9.17) is 9.47 Å². The number of carbonyl (C=O) groups is 2. The quantitative estimate of drug-likeness (QED) is 0.751. The molecule has 1 fully saturated rings. The van der Waals surface area contributed by atoms with Gasteiger partial charge in [-0.1, -0.05) is 6.07 Å². The topological polar surface area (TPSA) is 55.8 Å². The summed E-state index contributed by atoms with van der Waals surface area (Å²) in [6.45, 7) is 8.75. The maximum absolute atomic E-state index is 14.3. The molecule has 0 aromatic heterocycles. The standard InChI is InChI=1S/C20H28FNO4/c1-5-25-18(23)16-7-6-15(17(21)13-16)12-14-8-10-22(11-9-14)19(24)26-20(2,3)4/h6-7,13-14H,5,8-12H2,1-4H3. The summed E-state index contributed by atoms with van der Waals surface area (Å²) in [5.41, 5.74) is 0.319. The molecular weight excluding hydrogens is 337 g/mol. The minimum atomic E-state index is -0.511. The zero-order valence-electron chi connectivity index (χ0n) is 16.0. The first-order valence-corrected chi connectivity index (χ1v) is 9.13. The van der Waals surface area contributed by atoms with Gasteiger partial charge < -0.3 is 14.4 Å². The van der Waals surface area contributed by atoms with Crippen LogP contribution in [0.1, 0.15) is 56.5 Å². The molecule has 0 aliphatic carbocycles. The molecule has 1 aromatic rings. The highest BCUT2D eigenvalue weighted by molar-refractivity contribution is 5.89. The molecule has 5 nitrogen and oxygen atoms in total. The van der Waals surface area contributed by atoms with Gasteiger partial charge in [0.15, 0.2) is 0 Å². The third-order valence-corrected chi connectivity index (χ3v) is 4.34. The minimum Gasteiger partial charge on any atom is -0.462 e. The molecule has 0 saturated carbocycles. The van der Waals surface area contributed by atoms with Crippen LogP contribution in [0.5, 0.6) is 0 Å². The predicted molar refractivity (Wildman–Crippen MR) is 96.6 cm³/mol. The van der Waals surface area contributed by atoms with Crippen LogP contribution >= 0.6 is 0 Å². The van der Waals surface area contributed by atoms with Gasteiger partial charge in [-0.15, -0.1) is 0 Å². The Morgan fingerprint density at radius 3 is 2.42 bits per heavy atom. The number of esters is 1. The third-order valence-electron chi connectivity index (χ3n) is 4.34. The summed E-state index contributed by atoms with van der Waals surface area (Å²) in [4.78, 5) is 25.5. The molecule has 26 heavy (non-hydrogen) atoms. The largest absolute Gasteiger partial charge is 0.462 e. The zero-order chi connectivity index (χ0) is 19.3. The Labute approximate surface area is 154 Å². The molecule has 1 aliphatic heterocycles. The molecule has 1 saturated heterocycles. The number of hydrogen-bond acceptors (Lipinski definition) is 4. The summed E-state index contributed by atoms with van der Waals surface area (Å²) in [5, 5.41) is 0. The van der Waals surface area contributed by atoms with Crippen LogP contribution in [0.4, 0.5) is 9.18 Å². The number of piperidine rings is 1. The summed E-state index contributed by atoms with van der Waals surface area (Å²) < 4.78 is 24.6. The highest BCUT2D eigenvalue weighted by Gasteiger charge is 2.27. The van der Waals surface area contributed by atoms with E-state index in [2.05, 4.69) is 0 Å². The number of rotatable bonds is 4. The van der Waals surface area contributed by atoms with Crippen molar-refractivity contribution >= 4 is 12.1 Å². The first-order valence-electron chi connectivity index (χ1n) is 9.13. The predicted octanol–water partition coefficient (Wildman–Crippen LogP) is 4.19. The molecule has 6 heteroatoms. The van der Waals surface area contributed by atoms with Crippen molar-refractivity contribution < 1.29 is 23.5 Å². The van der Waals surface area contributed by atoms with Crippen molar-refractivity contribution in [3.63, 3.8) is 0 Å². The molecule has 0 unspecified atom stereocenters. The van der Waals surface area contributed by atoms with E-state index >= 15 is 0 Å². The van der Waals surface area contributed by atoms with Crippen molar-refractivity contribution in [2.75, 3.05) is 19.7 Å². The summed E-state index contributed by atoms with van der Waals surface area (Å²) in [6.07, 6.45) is 1.91. The number of hydrogen-bond donors (Lipinski definition) is 0. The molecular formula is C20H28FNO4. The van der Waals surface area contributed by atoms with Crippen molar-refractivity contribution in [3.05, 3.63) is 35.1 Å². The maximum Gasteiger partial charge on any atom is 0.410 e. The Kier molecular flexibility index (Phi) is 6.62. The van der Waals surface area contributed by atoms with Crippen LogP contribution in [-0.4, -0.2) is 42.3 Å². The lowest BCUT2D eigenvalue weighted by Crippen LogP contribution is -2.42. The van der Waals surface area contributed by atoms with Crippen LogP contribution in [0.15, 0.2) is 18.2 Å². The van der Waals surface area contributed by atoms with E-state index in [1.54, 1.807) is 24.0 Å². The van der Waals surface area contributed by atoms with Crippen molar-refractivity contribution in [2.24, 2.45) is 5.92 Å². The monoisotopic (exact) mass is 365 g/mol. The van der Waals surface area contributed by atoms with Gasteiger partial charge >= 0.3 is 12.1 Å². The molecule has 1 aliphatic rings. The average Bonchev–Trinajstić information content (AvgIpc) is 2.56. The summed E-state index contributed by atoms with van der Waals surface area (Å²) in [7, 11) is 0. The van der Waals surface area contributed by atoms with Crippen LogP contribution in [0.25, 0.3) is 0 Å². The Morgan fingerprint density at radius 1 is 1.23 bits per heavy atom. The second-order valence-corrected chi connectivity index (χ2v) is 7.64. The molecule has 0 N–H and O–H groups in total. The van der Waals surface area contributed by atoms with Gasteiger partial charge in [-0.05, 0) is 70.6 Å².